The third kappa shape index (κ3) is 3.54. The van der Waals surface area contributed by atoms with E-state index in [1.54, 1.807) is 12.1 Å². The third-order valence-corrected chi connectivity index (χ3v) is 4.28. The van der Waals surface area contributed by atoms with Gasteiger partial charge in [0, 0.05) is 18.1 Å². The number of benzene rings is 1. The van der Waals surface area contributed by atoms with Crippen LogP contribution in [0.1, 0.15) is 50.6 Å². The van der Waals surface area contributed by atoms with E-state index in [0.29, 0.717) is 6.04 Å². The molecule has 0 spiro atoms. The van der Waals surface area contributed by atoms with Crippen molar-refractivity contribution in [2.24, 2.45) is 5.73 Å². The minimum atomic E-state index is -0.180. The van der Waals surface area contributed by atoms with Crippen molar-refractivity contribution in [3.8, 4) is 0 Å². The average molecular weight is 264 g/mol. The fourth-order valence-corrected chi connectivity index (χ4v) is 3.32. The van der Waals surface area contributed by atoms with Crippen molar-refractivity contribution in [1.82, 2.24) is 4.90 Å². The maximum atomic E-state index is 13.4. The van der Waals surface area contributed by atoms with E-state index in [2.05, 4.69) is 11.9 Å². The van der Waals surface area contributed by atoms with Crippen LogP contribution in [0.3, 0.4) is 0 Å². The summed E-state index contributed by atoms with van der Waals surface area (Å²) in [4.78, 5) is 2.36. The normalized spacial score (nSPS) is 20.5. The summed E-state index contributed by atoms with van der Waals surface area (Å²) in [6.45, 7) is 2.01. The summed E-state index contributed by atoms with van der Waals surface area (Å²) in [6, 6.07) is 7.53. The van der Waals surface area contributed by atoms with Crippen LogP contribution in [0.5, 0.6) is 0 Å². The van der Waals surface area contributed by atoms with Gasteiger partial charge in [-0.05, 0) is 44.5 Å². The van der Waals surface area contributed by atoms with Gasteiger partial charge in [-0.2, -0.15) is 0 Å². The minimum Gasteiger partial charge on any atom is -0.326 e. The Morgan fingerprint density at radius 1 is 1.26 bits per heavy atom. The summed E-state index contributed by atoms with van der Waals surface area (Å²) in [5.41, 5.74) is 7.15. The van der Waals surface area contributed by atoms with Gasteiger partial charge in [0.15, 0.2) is 0 Å². The molecule has 106 valence electrons. The maximum Gasteiger partial charge on any atom is 0.123 e. The maximum absolute atomic E-state index is 13.4. The van der Waals surface area contributed by atoms with Crippen LogP contribution in [-0.4, -0.2) is 24.0 Å². The highest BCUT2D eigenvalue weighted by Gasteiger charge is 2.28. The van der Waals surface area contributed by atoms with Crippen molar-refractivity contribution < 1.29 is 4.39 Å². The van der Waals surface area contributed by atoms with E-state index in [1.807, 2.05) is 13.0 Å². The molecular weight excluding hydrogens is 239 g/mol. The van der Waals surface area contributed by atoms with E-state index in [4.69, 9.17) is 5.73 Å². The largest absolute Gasteiger partial charge is 0.326 e. The second kappa shape index (κ2) is 6.49. The topological polar surface area (TPSA) is 29.3 Å². The SMILES string of the molecule is CC(N)C(c1cccc(F)c1)N(C)C1CCCCC1. The molecule has 0 heterocycles. The Morgan fingerprint density at radius 2 is 1.95 bits per heavy atom. The van der Waals surface area contributed by atoms with E-state index in [1.165, 1.54) is 38.2 Å². The zero-order valence-electron chi connectivity index (χ0n) is 12.0. The minimum absolute atomic E-state index is 0.00581. The van der Waals surface area contributed by atoms with Crippen molar-refractivity contribution in [2.75, 3.05) is 7.05 Å². The molecule has 1 aromatic rings. The second-order valence-electron chi connectivity index (χ2n) is 5.82. The molecule has 2 unspecified atom stereocenters. The monoisotopic (exact) mass is 264 g/mol. The van der Waals surface area contributed by atoms with Crippen molar-refractivity contribution in [2.45, 2.75) is 57.2 Å². The van der Waals surface area contributed by atoms with Crippen LogP contribution >= 0.6 is 0 Å². The van der Waals surface area contributed by atoms with Crippen LogP contribution in [0.25, 0.3) is 0 Å². The molecule has 0 radical (unpaired) electrons. The quantitative estimate of drug-likeness (QED) is 0.902. The highest BCUT2D eigenvalue weighted by molar-refractivity contribution is 5.22. The standard InChI is InChI=1S/C16H25FN2/c1-12(18)16(13-7-6-8-14(17)11-13)19(2)15-9-4-3-5-10-15/h6-8,11-12,15-16H,3-5,9-10,18H2,1-2H3. The molecule has 3 heteroatoms. The lowest BCUT2D eigenvalue weighted by molar-refractivity contribution is 0.123. The zero-order valence-corrected chi connectivity index (χ0v) is 12.0. The van der Waals surface area contributed by atoms with Gasteiger partial charge < -0.3 is 5.73 Å². The lowest BCUT2D eigenvalue weighted by atomic mass is 9.90. The molecule has 1 aliphatic carbocycles. The molecule has 1 aromatic carbocycles. The number of hydrogen-bond acceptors (Lipinski definition) is 2. The van der Waals surface area contributed by atoms with Crippen LogP contribution in [0.15, 0.2) is 24.3 Å². The van der Waals surface area contributed by atoms with Gasteiger partial charge in [0.1, 0.15) is 5.82 Å². The first kappa shape index (κ1) is 14.5. The van der Waals surface area contributed by atoms with Crippen LogP contribution in [0.2, 0.25) is 0 Å². The van der Waals surface area contributed by atoms with E-state index < -0.39 is 0 Å². The van der Waals surface area contributed by atoms with Gasteiger partial charge in [-0.15, -0.1) is 0 Å². The van der Waals surface area contributed by atoms with E-state index in [-0.39, 0.29) is 17.9 Å². The first-order valence-corrected chi connectivity index (χ1v) is 7.32. The summed E-state index contributed by atoms with van der Waals surface area (Å²) in [7, 11) is 2.13. The molecule has 19 heavy (non-hydrogen) atoms. The predicted molar refractivity (Wildman–Crippen MR) is 77.4 cm³/mol. The van der Waals surface area contributed by atoms with Gasteiger partial charge in [-0.3, -0.25) is 4.90 Å². The number of nitrogens with zero attached hydrogens (tertiary/aromatic N) is 1. The Morgan fingerprint density at radius 3 is 2.53 bits per heavy atom. The first-order valence-electron chi connectivity index (χ1n) is 7.32. The fourth-order valence-electron chi connectivity index (χ4n) is 3.32. The highest BCUT2D eigenvalue weighted by Crippen LogP contribution is 2.30. The molecule has 0 aromatic heterocycles. The number of nitrogens with two attached hydrogens (primary N) is 1. The molecule has 2 rings (SSSR count). The van der Waals surface area contributed by atoms with Gasteiger partial charge in [0.05, 0.1) is 0 Å². The van der Waals surface area contributed by atoms with Crippen LogP contribution in [-0.2, 0) is 0 Å². The molecule has 1 saturated carbocycles. The Labute approximate surface area is 115 Å². The van der Waals surface area contributed by atoms with Crippen molar-refractivity contribution >= 4 is 0 Å². The van der Waals surface area contributed by atoms with E-state index in [9.17, 15) is 4.39 Å². The summed E-state index contributed by atoms with van der Waals surface area (Å²) in [5, 5.41) is 0. The summed E-state index contributed by atoms with van der Waals surface area (Å²) < 4.78 is 13.4. The number of halogens is 1. The summed E-state index contributed by atoms with van der Waals surface area (Å²) in [6.07, 6.45) is 6.39. The van der Waals surface area contributed by atoms with Crippen molar-refractivity contribution in [1.29, 1.82) is 0 Å². The molecule has 0 bridgehead atoms. The average Bonchev–Trinajstić information content (AvgIpc) is 2.39. The molecule has 1 aliphatic rings. The molecule has 2 nitrogen and oxygen atoms in total. The molecular formula is C16H25FN2. The molecule has 0 aliphatic heterocycles. The Balaban J connectivity index is 2.19. The number of rotatable bonds is 4. The lowest BCUT2D eigenvalue weighted by Crippen LogP contribution is -2.43. The van der Waals surface area contributed by atoms with Crippen molar-refractivity contribution in [3.63, 3.8) is 0 Å². The molecule has 2 atom stereocenters. The molecule has 0 saturated heterocycles. The Bertz CT molecular complexity index is 399. The first-order chi connectivity index (χ1) is 9.09. The van der Waals surface area contributed by atoms with Gasteiger partial charge in [-0.25, -0.2) is 4.39 Å². The van der Waals surface area contributed by atoms with Crippen molar-refractivity contribution in [3.05, 3.63) is 35.6 Å². The van der Waals surface area contributed by atoms with E-state index >= 15 is 0 Å². The highest BCUT2D eigenvalue weighted by atomic mass is 19.1. The van der Waals surface area contributed by atoms with Crippen LogP contribution in [0.4, 0.5) is 4.39 Å². The number of likely N-dealkylation sites (N-methyl/N-ethyl adjacent to an activating group) is 1. The Kier molecular flexibility index (Phi) is 4.94. The molecule has 1 fully saturated rings. The van der Waals surface area contributed by atoms with Crippen LogP contribution in [0, 0.1) is 5.82 Å². The second-order valence-corrected chi connectivity index (χ2v) is 5.82. The predicted octanol–water partition coefficient (Wildman–Crippen LogP) is 3.48. The lowest BCUT2D eigenvalue weighted by Gasteiger charge is -2.39. The fraction of sp³-hybridized carbons (Fsp3) is 0.625. The van der Waals surface area contributed by atoms with Gasteiger partial charge >= 0.3 is 0 Å². The molecule has 2 N–H and O–H groups in total. The smallest absolute Gasteiger partial charge is 0.123 e. The van der Waals surface area contributed by atoms with Gasteiger partial charge in [0.25, 0.3) is 0 Å². The van der Waals surface area contributed by atoms with Crippen LogP contribution < -0.4 is 5.73 Å². The van der Waals surface area contributed by atoms with E-state index in [0.717, 1.165) is 5.56 Å². The summed E-state index contributed by atoms with van der Waals surface area (Å²) >= 11 is 0. The van der Waals surface area contributed by atoms with Gasteiger partial charge in [0.2, 0.25) is 0 Å². The molecule has 0 amide bonds. The summed E-state index contributed by atoms with van der Waals surface area (Å²) in [5.74, 6) is -0.180. The zero-order chi connectivity index (χ0) is 13.8. The number of hydrogen-bond donors (Lipinski definition) is 1. The van der Waals surface area contributed by atoms with Gasteiger partial charge in [-0.1, -0.05) is 31.4 Å². The third-order valence-electron chi connectivity index (χ3n) is 4.28. The Hall–Kier alpha value is -0.930.